The molecular weight excluding hydrogens is 470 g/mol. The van der Waals surface area contributed by atoms with E-state index in [9.17, 15) is 9.90 Å². The summed E-state index contributed by atoms with van der Waals surface area (Å²) in [4.78, 5) is 12.4. The number of anilines is 1. The first kappa shape index (κ1) is 25.5. The van der Waals surface area contributed by atoms with Crippen LogP contribution in [0.3, 0.4) is 0 Å². The normalized spacial score (nSPS) is 11.0. The summed E-state index contributed by atoms with van der Waals surface area (Å²) >= 11 is 5.88. The molecule has 0 saturated heterocycles. The number of rotatable bonds is 10. The lowest BCUT2D eigenvalue weighted by Crippen LogP contribution is -1.98. The van der Waals surface area contributed by atoms with Crippen LogP contribution in [0.2, 0.25) is 5.02 Å². The Kier molecular flexibility index (Phi) is 8.64. The Bertz CT molecular complexity index is 1230. The molecule has 0 saturated carbocycles. The molecule has 0 unspecified atom stereocenters. The van der Waals surface area contributed by atoms with Crippen LogP contribution in [0.15, 0.2) is 60.8 Å². The number of allylic oxidation sites excluding steroid dienone is 1. The average molecular weight is 496 g/mol. The van der Waals surface area contributed by atoms with Gasteiger partial charge in [-0.2, -0.15) is 0 Å². The van der Waals surface area contributed by atoms with E-state index in [1.54, 1.807) is 75.9 Å². The SMILES string of the molecule is COc1cc(NC=CC(=O)c2ccc(Cl)cc2)c(C=Cc2cc(OC)c(OC)c(OC)c2)cc1O. The van der Waals surface area contributed by atoms with Crippen LogP contribution in [-0.4, -0.2) is 39.3 Å². The predicted octanol–water partition coefficient (Wildman–Crippen LogP) is 6.06. The molecule has 0 spiro atoms. The lowest BCUT2D eigenvalue weighted by molar-refractivity contribution is 0.104. The van der Waals surface area contributed by atoms with Gasteiger partial charge in [0.15, 0.2) is 28.8 Å². The minimum atomic E-state index is -0.186. The van der Waals surface area contributed by atoms with Crippen molar-refractivity contribution in [3.05, 3.63) is 82.5 Å². The van der Waals surface area contributed by atoms with Crippen LogP contribution in [-0.2, 0) is 0 Å². The molecule has 0 amide bonds. The zero-order valence-corrected chi connectivity index (χ0v) is 20.6. The van der Waals surface area contributed by atoms with Crippen molar-refractivity contribution in [1.29, 1.82) is 0 Å². The number of benzene rings is 3. The minimum absolute atomic E-state index is 0.0242. The summed E-state index contributed by atoms with van der Waals surface area (Å²) in [5.74, 6) is 1.61. The van der Waals surface area contributed by atoms with Crippen molar-refractivity contribution in [2.45, 2.75) is 0 Å². The van der Waals surface area contributed by atoms with Gasteiger partial charge in [-0.05, 0) is 48.0 Å². The van der Waals surface area contributed by atoms with E-state index < -0.39 is 0 Å². The highest BCUT2D eigenvalue weighted by Gasteiger charge is 2.13. The molecule has 3 aromatic carbocycles. The van der Waals surface area contributed by atoms with Gasteiger partial charge in [0, 0.05) is 40.2 Å². The molecule has 182 valence electrons. The fourth-order valence-electron chi connectivity index (χ4n) is 3.31. The van der Waals surface area contributed by atoms with Gasteiger partial charge in [-0.15, -0.1) is 0 Å². The number of ketones is 1. The van der Waals surface area contributed by atoms with Crippen LogP contribution in [0.25, 0.3) is 12.2 Å². The molecular formula is C27H26ClNO6. The second kappa shape index (κ2) is 11.9. The van der Waals surface area contributed by atoms with Crippen molar-refractivity contribution in [1.82, 2.24) is 0 Å². The lowest BCUT2D eigenvalue weighted by Gasteiger charge is -2.13. The summed E-state index contributed by atoms with van der Waals surface area (Å²) in [5.41, 5.74) is 2.57. The van der Waals surface area contributed by atoms with Crippen LogP contribution < -0.4 is 24.3 Å². The number of phenolic OH excluding ortho intramolecular Hbond substituents is 1. The fourth-order valence-corrected chi connectivity index (χ4v) is 3.44. The van der Waals surface area contributed by atoms with E-state index in [0.29, 0.717) is 39.1 Å². The van der Waals surface area contributed by atoms with E-state index in [2.05, 4.69) is 5.32 Å². The highest BCUT2D eigenvalue weighted by atomic mass is 35.5. The van der Waals surface area contributed by atoms with Crippen LogP contribution in [0, 0.1) is 0 Å². The molecule has 3 aromatic rings. The van der Waals surface area contributed by atoms with E-state index >= 15 is 0 Å². The summed E-state index contributed by atoms with van der Waals surface area (Å²) in [7, 11) is 6.10. The molecule has 35 heavy (non-hydrogen) atoms. The fraction of sp³-hybridized carbons (Fsp3) is 0.148. The molecule has 0 radical (unpaired) electrons. The van der Waals surface area contributed by atoms with Crippen LogP contribution in [0.5, 0.6) is 28.7 Å². The summed E-state index contributed by atoms with van der Waals surface area (Å²) < 4.78 is 21.4. The molecule has 0 heterocycles. The van der Waals surface area contributed by atoms with Gasteiger partial charge in [0.25, 0.3) is 0 Å². The van der Waals surface area contributed by atoms with Crippen molar-refractivity contribution >= 4 is 35.2 Å². The standard InChI is InChI=1S/C27H26ClNO6/c1-32-24-16-21(29-12-11-22(30)18-7-9-20(28)10-8-18)19(15-23(24)31)6-5-17-13-25(33-2)27(35-4)26(14-17)34-3/h5-16,29,31H,1-4H3. The third-order valence-electron chi connectivity index (χ3n) is 5.10. The number of carbonyl (C=O) groups excluding carboxylic acids is 1. The van der Waals surface area contributed by atoms with Crippen molar-refractivity contribution in [3.63, 3.8) is 0 Å². The number of ether oxygens (including phenoxy) is 4. The number of phenols is 1. The Morgan fingerprint density at radius 1 is 0.857 bits per heavy atom. The Morgan fingerprint density at radius 3 is 2.06 bits per heavy atom. The third kappa shape index (κ3) is 6.28. The van der Waals surface area contributed by atoms with Crippen molar-refractivity contribution in [3.8, 4) is 28.7 Å². The number of aromatic hydroxyl groups is 1. The van der Waals surface area contributed by atoms with E-state index in [1.165, 1.54) is 19.4 Å². The van der Waals surface area contributed by atoms with Gasteiger partial charge in [-0.25, -0.2) is 0 Å². The van der Waals surface area contributed by atoms with Gasteiger partial charge in [0.05, 0.1) is 28.4 Å². The van der Waals surface area contributed by atoms with Gasteiger partial charge in [0.1, 0.15) is 0 Å². The Hall–Kier alpha value is -4.10. The molecule has 0 fully saturated rings. The topological polar surface area (TPSA) is 86.3 Å². The number of hydrogen-bond donors (Lipinski definition) is 2. The molecule has 8 heteroatoms. The van der Waals surface area contributed by atoms with Crippen LogP contribution in [0.1, 0.15) is 21.5 Å². The number of nitrogens with one attached hydrogen (secondary N) is 1. The molecule has 0 bridgehead atoms. The highest BCUT2D eigenvalue weighted by molar-refractivity contribution is 6.30. The molecule has 2 N–H and O–H groups in total. The molecule has 0 atom stereocenters. The maximum Gasteiger partial charge on any atom is 0.203 e. The van der Waals surface area contributed by atoms with Crippen molar-refractivity contribution < 1.29 is 28.8 Å². The van der Waals surface area contributed by atoms with Crippen molar-refractivity contribution in [2.75, 3.05) is 33.8 Å². The van der Waals surface area contributed by atoms with Gasteiger partial charge in [-0.1, -0.05) is 23.8 Å². The maximum absolute atomic E-state index is 12.4. The quantitative estimate of drug-likeness (QED) is 0.153. The summed E-state index contributed by atoms with van der Waals surface area (Å²) in [5, 5.41) is 14.0. The number of halogens is 1. The first-order chi connectivity index (χ1) is 16.9. The molecule has 0 aromatic heterocycles. The monoisotopic (exact) mass is 495 g/mol. The van der Waals surface area contributed by atoms with E-state index in [0.717, 1.165) is 5.56 Å². The summed E-state index contributed by atoms with van der Waals surface area (Å²) in [6, 6.07) is 13.4. The average Bonchev–Trinajstić information content (AvgIpc) is 2.87. The molecule has 0 aliphatic rings. The van der Waals surface area contributed by atoms with E-state index in [-0.39, 0.29) is 17.3 Å². The van der Waals surface area contributed by atoms with E-state index in [4.69, 9.17) is 30.5 Å². The Balaban J connectivity index is 1.90. The smallest absolute Gasteiger partial charge is 0.203 e. The van der Waals surface area contributed by atoms with Gasteiger partial charge in [0.2, 0.25) is 5.75 Å². The molecule has 0 aliphatic carbocycles. The number of hydrogen-bond acceptors (Lipinski definition) is 7. The Labute approximate surface area is 209 Å². The van der Waals surface area contributed by atoms with Crippen LogP contribution in [0.4, 0.5) is 5.69 Å². The van der Waals surface area contributed by atoms with Crippen molar-refractivity contribution in [2.24, 2.45) is 0 Å². The maximum atomic E-state index is 12.4. The summed E-state index contributed by atoms with van der Waals surface area (Å²) in [6.07, 6.45) is 6.57. The molecule has 7 nitrogen and oxygen atoms in total. The van der Waals surface area contributed by atoms with Gasteiger partial charge < -0.3 is 29.4 Å². The second-order valence-corrected chi connectivity index (χ2v) is 7.69. The zero-order chi connectivity index (χ0) is 25.4. The first-order valence-electron chi connectivity index (χ1n) is 10.5. The third-order valence-corrected chi connectivity index (χ3v) is 5.35. The lowest BCUT2D eigenvalue weighted by atomic mass is 10.1. The number of methoxy groups -OCH3 is 4. The summed E-state index contributed by atoms with van der Waals surface area (Å²) in [6.45, 7) is 0. The van der Waals surface area contributed by atoms with Gasteiger partial charge in [-0.3, -0.25) is 4.79 Å². The largest absolute Gasteiger partial charge is 0.504 e. The highest BCUT2D eigenvalue weighted by Crippen LogP contribution is 2.39. The Morgan fingerprint density at radius 2 is 1.49 bits per heavy atom. The van der Waals surface area contributed by atoms with Crippen LogP contribution >= 0.6 is 11.6 Å². The van der Waals surface area contributed by atoms with Gasteiger partial charge >= 0.3 is 0 Å². The minimum Gasteiger partial charge on any atom is -0.504 e. The first-order valence-corrected chi connectivity index (χ1v) is 10.9. The zero-order valence-electron chi connectivity index (χ0n) is 19.8. The number of carbonyl (C=O) groups is 1. The van der Waals surface area contributed by atoms with E-state index in [1.807, 2.05) is 6.08 Å². The molecule has 3 rings (SSSR count). The second-order valence-electron chi connectivity index (χ2n) is 7.25. The predicted molar refractivity (Wildman–Crippen MR) is 138 cm³/mol. The molecule has 0 aliphatic heterocycles.